The van der Waals surface area contributed by atoms with Gasteiger partial charge in [-0.15, -0.1) is 13.2 Å². The van der Waals surface area contributed by atoms with Crippen molar-refractivity contribution in [2.45, 2.75) is 48.9 Å². The minimum atomic E-state index is -5.05. The maximum Gasteiger partial charge on any atom is 0.574 e. The van der Waals surface area contributed by atoms with Gasteiger partial charge in [0.05, 0.1) is 5.56 Å². The molecule has 0 unspecified atom stereocenters. The van der Waals surface area contributed by atoms with Gasteiger partial charge in [0.15, 0.2) is 5.03 Å². The molecule has 1 amide bonds. The van der Waals surface area contributed by atoms with E-state index in [-0.39, 0.29) is 41.6 Å². The van der Waals surface area contributed by atoms with E-state index in [1.165, 1.54) is 17.0 Å². The molecule has 2 aliphatic rings. The summed E-state index contributed by atoms with van der Waals surface area (Å²) < 4.78 is 93.7. The normalized spacial score (nSPS) is 18.3. The fraction of sp³-hybridized carbons (Fsp3) is 0.450. The van der Waals surface area contributed by atoms with E-state index in [2.05, 4.69) is 20.0 Å². The molecule has 4 rings (SSSR count). The number of halogens is 5. The Morgan fingerprint density at radius 3 is 2.43 bits per heavy atom. The largest absolute Gasteiger partial charge is 0.574 e. The summed E-state index contributed by atoms with van der Waals surface area (Å²) in [5, 5.41) is 6.98. The van der Waals surface area contributed by atoms with Gasteiger partial charge in [-0.05, 0) is 30.9 Å². The molecule has 0 spiro atoms. The quantitative estimate of drug-likeness (QED) is 0.558. The average molecular weight is 521 g/mol. The van der Waals surface area contributed by atoms with Gasteiger partial charge in [-0.1, -0.05) is 0 Å². The molecule has 190 valence electrons. The topological polar surface area (TPSA) is 128 Å². The van der Waals surface area contributed by atoms with Crippen molar-refractivity contribution in [1.82, 2.24) is 9.97 Å². The number of aromatic nitrogens is 2. The summed E-state index contributed by atoms with van der Waals surface area (Å²) in [6, 6.07) is 3.50. The van der Waals surface area contributed by atoms with Crippen LogP contribution in [0.5, 0.6) is 5.88 Å². The van der Waals surface area contributed by atoms with E-state index in [1.807, 2.05) is 0 Å². The van der Waals surface area contributed by atoms with Gasteiger partial charge in [0.25, 0.3) is 21.9 Å². The molecule has 1 aliphatic carbocycles. The number of nitrogens with two attached hydrogens (primary N) is 1. The van der Waals surface area contributed by atoms with Gasteiger partial charge < -0.3 is 15.0 Å². The zero-order chi connectivity index (χ0) is 25.6. The lowest BCUT2D eigenvalue weighted by Gasteiger charge is -2.33. The van der Waals surface area contributed by atoms with Crippen LogP contribution < -0.4 is 20.1 Å². The number of sulfonamides is 1. The first-order valence-electron chi connectivity index (χ1n) is 10.5. The lowest BCUT2D eigenvalue weighted by molar-refractivity contribution is -0.276. The zero-order valence-corrected chi connectivity index (χ0v) is 18.8. The number of piperidine rings is 1. The second-order valence-corrected chi connectivity index (χ2v) is 9.81. The summed E-state index contributed by atoms with van der Waals surface area (Å²) in [5.74, 6) is -5.07. The number of pyridine rings is 2. The molecule has 2 aromatic heterocycles. The predicted molar refractivity (Wildman–Crippen MR) is 113 cm³/mol. The van der Waals surface area contributed by atoms with E-state index >= 15 is 0 Å². The minimum Gasteiger partial charge on any atom is -0.387 e. The standard InChI is InChI=1S/C20H20F5N5O4S/c21-19(22)4-7-30(8-5-19)16-14(10-13(11-1-2-11)18(29-16)34-20(23,24)25)17(31)28-12-3-6-27-15(9-12)35(26,32)33/h3,6,9-11H,1-2,4-5,7-8H2,(H2,26,32,33)(H,27,28,31). The summed E-state index contributed by atoms with van der Waals surface area (Å²) in [5.41, 5.74) is -0.104. The van der Waals surface area contributed by atoms with Gasteiger partial charge in [-0.2, -0.15) is 4.98 Å². The Labute approximate surface area is 196 Å². The van der Waals surface area contributed by atoms with Crippen LogP contribution in [0.25, 0.3) is 0 Å². The molecule has 1 saturated heterocycles. The maximum absolute atomic E-state index is 13.7. The van der Waals surface area contributed by atoms with Crippen LogP contribution in [0, 0.1) is 0 Å². The van der Waals surface area contributed by atoms with E-state index in [0.29, 0.717) is 12.8 Å². The minimum absolute atomic E-state index is 0.00579. The molecule has 3 N–H and O–H groups in total. The fourth-order valence-electron chi connectivity index (χ4n) is 3.68. The lowest BCUT2D eigenvalue weighted by Crippen LogP contribution is -2.40. The first kappa shape index (κ1) is 25.0. The number of amides is 1. The summed E-state index contributed by atoms with van der Waals surface area (Å²) in [6.07, 6.45) is -3.97. The van der Waals surface area contributed by atoms with Crippen LogP contribution in [0.2, 0.25) is 0 Å². The Hall–Kier alpha value is -3.07. The second-order valence-electron chi connectivity index (χ2n) is 8.30. The number of primary sulfonamides is 1. The summed E-state index contributed by atoms with van der Waals surface area (Å²) in [6.45, 7) is -0.501. The van der Waals surface area contributed by atoms with E-state index in [1.54, 1.807) is 0 Å². The number of hydrogen-bond donors (Lipinski definition) is 2. The number of carbonyl (C=O) groups is 1. The maximum atomic E-state index is 13.7. The van der Waals surface area contributed by atoms with E-state index in [0.717, 1.165) is 12.3 Å². The number of hydrogen-bond acceptors (Lipinski definition) is 7. The molecule has 1 aliphatic heterocycles. The fourth-order valence-corrected chi connectivity index (χ4v) is 4.17. The summed E-state index contributed by atoms with van der Waals surface area (Å²) >= 11 is 0. The molecular formula is C20H20F5N5O4S. The molecule has 2 aromatic rings. The van der Waals surface area contributed by atoms with Crippen molar-refractivity contribution in [3.8, 4) is 5.88 Å². The molecule has 0 atom stereocenters. The van der Waals surface area contributed by atoms with Crippen molar-refractivity contribution in [1.29, 1.82) is 0 Å². The third-order valence-corrected chi connectivity index (χ3v) is 6.35. The van der Waals surface area contributed by atoms with Crippen LogP contribution in [0.15, 0.2) is 29.4 Å². The van der Waals surface area contributed by atoms with E-state index < -0.39 is 52.0 Å². The van der Waals surface area contributed by atoms with Crippen LogP contribution >= 0.6 is 0 Å². The second kappa shape index (κ2) is 8.86. The summed E-state index contributed by atoms with van der Waals surface area (Å²) in [4.78, 5) is 22.0. The van der Waals surface area contributed by atoms with Crippen LogP contribution in [0.4, 0.5) is 33.5 Å². The third-order valence-electron chi connectivity index (χ3n) is 5.55. The molecule has 0 aromatic carbocycles. The highest BCUT2D eigenvalue weighted by Gasteiger charge is 2.40. The van der Waals surface area contributed by atoms with Crippen LogP contribution in [-0.2, 0) is 10.0 Å². The number of alkyl halides is 5. The smallest absolute Gasteiger partial charge is 0.387 e. The molecule has 9 nitrogen and oxygen atoms in total. The van der Waals surface area contributed by atoms with E-state index in [4.69, 9.17) is 5.14 Å². The summed E-state index contributed by atoms with van der Waals surface area (Å²) in [7, 11) is -4.17. The number of rotatable bonds is 6. The number of anilines is 2. The number of nitrogens with zero attached hydrogens (tertiary/aromatic N) is 3. The molecule has 1 saturated carbocycles. The Balaban J connectivity index is 1.74. The van der Waals surface area contributed by atoms with Crippen molar-refractivity contribution in [2.75, 3.05) is 23.3 Å². The Kier molecular flexibility index (Phi) is 6.34. The van der Waals surface area contributed by atoms with Gasteiger partial charge in [0.2, 0.25) is 5.88 Å². The van der Waals surface area contributed by atoms with E-state index in [9.17, 15) is 35.2 Å². The van der Waals surface area contributed by atoms with Crippen molar-refractivity contribution < 1.29 is 39.9 Å². The van der Waals surface area contributed by atoms with Crippen molar-refractivity contribution in [2.24, 2.45) is 5.14 Å². The number of ether oxygens (including phenoxy) is 1. The zero-order valence-electron chi connectivity index (χ0n) is 18.0. The first-order chi connectivity index (χ1) is 16.2. The molecule has 2 fully saturated rings. The van der Waals surface area contributed by atoms with Crippen molar-refractivity contribution in [3.05, 3.63) is 35.5 Å². The highest BCUT2D eigenvalue weighted by molar-refractivity contribution is 7.89. The molecule has 3 heterocycles. The SMILES string of the molecule is NS(=O)(=O)c1cc(NC(=O)c2cc(C3CC3)c(OC(F)(F)F)nc2N2CCC(F)(F)CC2)ccn1. The van der Waals surface area contributed by atoms with Crippen LogP contribution in [0.1, 0.15) is 47.5 Å². The monoisotopic (exact) mass is 521 g/mol. The number of nitrogens with one attached hydrogen (secondary N) is 1. The highest BCUT2D eigenvalue weighted by Crippen LogP contribution is 2.46. The van der Waals surface area contributed by atoms with Crippen LogP contribution in [0.3, 0.4) is 0 Å². The van der Waals surface area contributed by atoms with Crippen molar-refractivity contribution in [3.63, 3.8) is 0 Å². The van der Waals surface area contributed by atoms with Gasteiger partial charge in [0, 0.05) is 49.4 Å². The Morgan fingerprint density at radius 2 is 1.86 bits per heavy atom. The molecular weight excluding hydrogens is 501 g/mol. The van der Waals surface area contributed by atoms with Gasteiger partial charge in [-0.25, -0.2) is 27.3 Å². The van der Waals surface area contributed by atoms with Crippen LogP contribution in [-0.4, -0.2) is 49.7 Å². The predicted octanol–water partition coefficient (Wildman–Crippen LogP) is 3.39. The average Bonchev–Trinajstić information content (AvgIpc) is 3.57. The Morgan fingerprint density at radius 1 is 1.20 bits per heavy atom. The molecule has 0 bridgehead atoms. The van der Waals surface area contributed by atoms with Crippen molar-refractivity contribution >= 4 is 27.4 Å². The highest BCUT2D eigenvalue weighted by atomic mass is 32.2. The number of carbonyl (C=O) groups excluding carboxylic acids is 1. The molecule has 0 radical (unpaired) electrons. The third kappa shape index (κ3) is 6.14. The van der Waals surface area contributed by atoms with Gasteiger partial charge in [-0.3, -0.25) is 4.79 Å². The lowest BCUT2D eigenvalue weighted by atomic mass is 10.0. The molecule has 15 heteroatoms. The van der Waals surface area contributed by atoms with Gasteiger partial charge in [0.1, 0.15) is 5.82 Å². The first-order valence-corrected chi connectivity index (χ1v) is 12.0. The molecule has 35 heavy (non-hydrogen) atoms. The van der Waals surface area contributed by atoms with Gasteiger partial charge >= 0.3 is 6.36 Å². The Bertz CT molecular complexity index is 1240.